The molecule has 1 aliphatic rings. The molecule has 2 N–H and O–H groups in total. The van der Waals surface area contributed by atoms with Crippen molar-refractivity contribution in [1.82, 2.24) is 4.98 Å². The number of pyridine rings is 1. The summed E-state index contributed by atoms with van der Waals surface area (Å²) in [6, 6.07) is 11.3. The number of benzene rings is 1. The molecule has 7 heteroatoms. The van der Waals surface area contributed by atoms with Gasteiger partial charge in [0.2, 0.25) is 13.2 Å². The summed E-state index contributed by atoms with van der Waals surface area (Å²) in [4.78, 5) is 13.7. The molecule has 0 aliphatic heterocycles. The average Bonchev–Trinajstić information content (AvgIpc) is 2.71. The smallest absolute Gasteiger partial charge is 0.213 e. The number of methoxy groups -OCH3 is 1. The van der Waals surface area contributed by atoms with E-state index in [1.165, 1.54) is 12.2 Å². The van der Waals surface area contributed by atoms with Gasteiger partial charge in [-0.15, -0.1) is 0 Å². The van der Waals surface area contributed by atoms with Crippen LogP contribution in [0.4, 0.5) is 0 Å². The molecule has 29 heavy (non-hydrogen) atoms. The number of ether oxygens (including phenoxy) is 2. The van der Waals surface area contributed by atoms with E-state index < -0.39 is 13.5 Å². The number of aromatic nitrogens is 1. The van der Waals surface area contributed by atoms with E-state index in [-0.39, 0.29) is 6.16 Å². The molecule has 0 saturated heterocycles. The maximum Gasteiger partial charge on any atom is 0.213 e. The lowest BCUT2D eigenvalue weighted by molar-refractivity contribution is 0.191. The highest BCUT2D eigenvalue weighted by Gasteiger charge is 2.24. The molecule has 3 rings (SSSR count). The van der Waals surface area contributed by atoms with E-state index in [2.05, 4.69) is 11.1 Å². The first-order valence-corrected chi connectivity index (χ1v) is 12.3. The number of nitrogens with zero attached hydrogens (tertiary/aromatic N) is 1. The van der Waals surface area contributed by atoms with Crippen LogP contribution in [0, 0.1) is 5.92 Å². The van der Waals surface area contributed by atoms with Crippen LogP contribution in [0.15, 0.2) is 42.6 Å². The summed E-state index contributed by atoms with van der Waals surface area (Å²) in [5, 5.41) is 10.2. The molecule has 1 aromatic carbocycles. The summed E-state index contributed by atoms with van der Waals surface area (Å²) in [6.45, 7) is 1.90. The molecule has 1 saturated carbocycles. The normalized spacial score (nSPS) is 22.5. The molecular formula is C22H30NO5P. The van der Waals surface area contributed by atoms with E-state index >= 15 is 0 Å². The molecule has 1 heterocycles. The molecule has 0 bridgehead atoms. The number of aliphatic hydroxyl groups excluding tert-OH is 1. The van der Waals surface area contributed by atoms with Crippen LogP contribution in [0.5, 0.6) is 11.6 Å². The highest BCUT2D eigenvalue weighted by Crippen LogP contribution is 2.40. The van der Waals surface area contributed by atoms with E-state index in [0.29, 0.717) is 35.6 Å². The number of hydrogen-bond acceptors (Lipinski definition) is 5. The van der Waals surface area contributed by atoms with Crippen LogP contribution in [0.1, 0.15) is 48.8 Å². The van der Waals surface area contributed by atoms with Gasteiger partial charge in [-0.3, -0.25) is 4.57 Å². The third-order valence-electron chi connectivity index (χ3n) is 5.53. The lowest BCUT2D eigenvalue weighted by Crippen LogP contribution is -2.19. The lowest BCUT2D eigenvalue weighted by atomic mass is 9.79. The van der Waals surface area contributed by atoms with Gasteiger partial charge in [0, 0.05) is 18.9 Å². The van der Waals surface area contributed by atoms with Gasteiger partial charge in [0.1, 0.15) is 5.75 Å². The molecule has 0 radical (unpaired) electrons. The molecule has 1 aliphatic carbocycles. The maximum atomic E-state index is 11.5. The van der Waals surface area contributed by atoms with Crippen molar-refractivity contribution >= 4 is 7.37 Å². The van der Waals surface area contributed by atoms with Gasteiger partial charge in [-0.25, -0.2) is 4.98 Å². The van der Waals surface area contributed by atoms with Gasteiger partial charge in [-0.05, 0) is 66.8 Å². The first-order chi connectivity index (χ1) is 13.8. The highest BCUT2D eigenvalue weighted by molar-refractivity contribution is 7.57. The van der Waals surface area contributed by atoms with E-state index in [1.807, 2.05) is 12.1 Å². The van der Waals surface area contributed by atoms with Crippen LogP contribution >= 0.6 is 7.37 Å². The van der Waals surface area contributed by atoms with Gasteiger partial charge in [0.05, 0.1) is 26.0 Å². The molecule has 0 amide bonds. The number of hydrogen-bond donors (Lipinski definition) is 2. The fourth-order valence-corrected chi connectivity index (χ4v) is 4.76. The molecule has 0 spiro atoms. The Kier molecular flexibility index (Phi) is 7.33. The third-order valence-corrected chi connectivity index (χ3v) is 6.55. The minimum atomic E-state index is -3.28. The Morgan fingerprint density at radius 3 is 2.66 bits per heavy atom. The van der Waals surface area contributed by atoms with E-state index in [4.69, 9.17) is 9.47 Å². The fraction of sp³-hybridized carbons (Fsp3) is 0.500. The van der Waals surface area contributed by atoms with Crippen LogP contribution < -0.4 is 9.47 Å². The Labute approximate surface area is 172 Å². The minimum Gasteiger partial charge on any atom is -0.493 e. The summed E-state index contributed by atoms with van der Waals surface area (Å²) in [6.07, 6.45) is 5.11. The van der Waals surface area contributed by atoms with Crippen LogP contribution in [0.25, 0.3) is 0 Å². The Bertz CT molecular complexity index is 845. The molecule has 2 aromatic rings. The molecule has 158 valence electrons. The van der Waals surface area contributed by atoms with Crippen molar-refractivity contribution in [1.29, 1.82) is 0 Å². The van der Waals surface area contributed by atoms with Crippen LogP contribution in [-0.4, -0.2) is 41.5 Å². The second kappa shape index (κ2) is 9.75. The Morgan fingerprint density at radius 2 is 1.97 bits per heavy atom. The molecule has 6 nitrogen and oxygen atoms in total. The number of rotatable bonds is 8. The zero-order valence-corrected chi connectivity index (χ0v) is 17.9. The molecule has 1 fully saturated rings. The van der Waals surface area contributed by atoms with Crippen molar-refractivity contribution in [2.24, 2.45) is 5.92 Å². The fourth-order valence-electron chi connectivity index (χ4n) is 3.90. The predicted molar refractivity (Wildman–Crippen MR) is 113 cm³/mol. The Hall–Kier alpha value is -1.88. The Balaban J connectivity index is 1.50. The van der Waals surface area contributed by atoms with E-state index in [9.17, 15) is 14.6 Å². The second-order valence-electron chi connectivity index (χ2n) is 7.98. The van der Waals surface area contributed by atoms with Gasteiger partial charge in [0.15, 0.2) is 0 Å². The summed E-state index contributed by atoms with van der Waals surface area (Å²) >= 11 is 0. The second-order valence-corrected chi connectivity index (χ2v) is 10.4. The van der Waals surface area contributed by atoms with Crippen LogP contribution in [0.3, 0.4) is 0 Å². The largest absolute Gasteiger partial charge is 0.493 e. The number of aliphatic hydroxyl groups is 1. The lowest BCUT2D eigenvalue weighted by Gasteiger charge is -2.28. The van der Waals surface area contributed by atoms with Crippen molar-refractivity contribution in [2.45, 2.75) is 37.7 Å². The zero-order valence-electron chi connectivity index (χ0n) is 17.0. The summed E-state index contributed by atoms with van der Waals surface area (Å²) in [7, 11) is -1.64. The first-order valence-electron chi connectivity index (χ1n) is 10.0. The molecule has 1 unspecified atom stereocenters. The Morgan fingerprint density at radius 1 is 1.21 bits per heavy atom. The summed E-state index contributed by atoms with van der Waals surface area (Å²) in [5.41, 5.74) is 1.89. The van der Waals surface area contributed by atoms with Gasteiger partial charge in [-0.1, -0.05) is 12.1 Å². The highest BCUT2D eigenvalue weighted by atomic mass is 31.2. The predicted octanol–water partition coefficient (Wildman–Crippen LogP) is 4.38. The monoisotopic (exact) mass is 419 g/mol. The van der Waals surface area contributed by atoms with Crippen molar-refractivity contribution in [3.63, 3.8) is 0 Å². The summed E-state index contributed by atoms with van der Waals surface area (Å²) in [5.74, 6) is 2.38. The average molecular weight is 419 g/mol. The quantitative estimate of drug-likeness (QED) is 0.618. The molecular weight excluding hydrogens is 389 g/mol. The summed E-state index contributed by atoms with van der Waals surface area (Å²) < 4.78 is 22.7. The van der Waals surface area contributed by atoms with E-state index in [0.717, 1.165) is 25.7 Å². The van der Waals surface area contributed by atoms with Gasteiger partial charge in [0.25, 0.3) is 0 Å². The molecule has 2 atom stereocenters. The van der Waals surface area contributed by atoms with Gasteiger partial charge in [-0.2, -0.15) is 0 Å². The third kappa shape index (κ3) is 6.56. The van der Waals surface area contributed by atoms with Crippen molar-refractivity contribution in [3.8, 4) is 11.6 Å². The van der Waals surface area contributed by atoms with Gasteiger partial charge >= 0.3 is 0 Å². The maximum absolute atomic E-state index is 11.5. The standard InChI is InChI=1S/C22H30NO5P/c1-27-22-13-18(10-11-23-22)17-8-6-16(7-9-17)14-28-20-5-3-4-19(12-20)21(24)15-29(2,25)26/h3-5,10-13,16-17,21,24H,6-9,14-15H2,1-2H3,(H,25,26)/t16?,17?,21-/m1/s1. The van der Waals surface area contributed by atoms with Crippen LogP contribution in [0.2, 0.25) is 0 Å². The first kappa shape index (κ1) is 21.8. The molecule has 1 aromatic heterocycles. The van der Waals surface area contributed by atoms with Crippen LogP contribution in [-0.2, 0) is 4.57 Å². The van der Waals surface area contributed by atoms with E-state index in [1.54, 1.807) is 31.5 Å². The van der Waals surface area contributed by atoms with Crippen molar-refractivity contribution < 1.29 is 24.0 Å². The SMILES string of the molecule is COc1cc(C2CCC(COc3cccc([C@H](O)CP(C)(=O)O)c3)CC2)ccn1. The van der Waals surface area contributed by atoms with Crippen molar-refractivity contribution in [3.05, 3.63) is 53.7 Å². The zero-order chi connectivity index (χ0) is 20.9. The van der Waals surface area contributed by atoms with Gasteiger partial charge < -0.3 is 19.5 Å². The topological polar surface area (TPSA) is 88.9 Å². The minimum absolute atomic E-state index is 0.153. The van der Waals surface area contributed by atoms with Crippen molar-refractivity contribution in [2.75, 3.05) is 26.5 Å².